The number of hydrogen-bond acceptors (Lipinski definition) is 6. The van der Waals surface area contributed by atoms with Gasteiger partial charge in [-0.25, -0.2) is 18.5 Å². The highest BCUT2D eigenvalue weighted by molar-refractivity contribution is 7.89. The van der Waals surface area contributed by atoms with Gasteiger partial charge in [-0.05, 0) is 36.1 Å². The molecule has 0 bridgehead atoms. The summed E-state index contributed by atoms with van der Waals surface area (Å²) in [6.07, 6.45) is 0.195. The molecule has 3 N–H and O–H groups in total. The number of primary sulfonamides is 1. The third-order valence-electron chi connectivity index (χ3n) is 3.75. The molecule has 26 heavy (non-hydrogen) atoms. The van der Waals surface area contributed by atoms with Crippen molar-refractivity contribution in [2.75, 3.05) is 0 Å². The van der Waals surface area contributed by atoms with Gasteiger partial charge < -0.3 is 5.32 Å². The summed E-state index contributed by atoms with van der Waals surface area (Å²) in [5.74, 6) is -0.143. The van der Waals surface area contributed by atoms with E-state index in [-0.39, 0.29) is 23.3 Å². The van der Waals surface area contributed by atoms with E-state index in [1.54, 1.807) is 23.5 Å². The Morgan fingerprint density at radius 3 is 2.58 bits per heavy atom. The highest BCUT2D eigenvalue weighted by Gasteiger charge is 2.14. The number of thiazole rings is 1. The summed E-state index contributed by atoms with van der Waals surface area (Å²) >= 11 is 3.12. The van der Waals surface area contributed by atoms with Crippen LogP contribution in [0.3, 0.4) is 0 Å². The molecule has 1 aromatic carbocycles. The number of thiophene rings is 1. The highest BCUT2D eigenvalue weighted by Crippen LogP contribution is 2.26. The topological polar surface area (TPSA) is 102 Å². The first-order valence-electron chi connectivity index (χ1n) is 7.72. The van der Waals surface area contributed by atoms with Crippen LogP contribution < -0.4 is 10.5 Å². The van der Waals surface area contributed by atoms with Crippen molar-refractivity contribution < 1.29 is 13.2 Å². The van der Waals surface area contributed by atoms with Crippen LogP contribution in [-0.4, -0.2) is 19.3 Å². The molecule has 6 nitrogen and oxygen atoms in total. The van der Waals surface area contributed by atoms with Crippen molar-refractivity contribution in [2.45, 2.75) is 24.3 Å². The molecule has 0 spiro atoms. The number of hydrogen-bond donors (Lipinski definition) is 2. The normalized spacial score (nSPS) is 12.7. The predicted octanol–water partition coefficient (Wildman–Crippen LogP) is 2.94. The maximum Gasteiger partial charge on any atom is 0.238 e. The van der Waals surface area contributed by atoms with Gasteiger partial charge in [0, 0.05) is 16.3 Å². The molecular formula is C17H17N3O3S3. The Morgan fingerprint density at radius 1 is 1.23 bits per heavy atom. The first-order valence-corrected chi connectivity index (χ1v) is 11.1. The molecule has 0 saturated heterocycles. The molecule has 136 valence electrons. The van der Waals surface area contributed by atoms with Crippen LogP contribution in [0.5, 0.6) is 0 Å². The molecular weight excluding hydrogens is 390 g/mol. The Labute approximate surface area is 159 Å². The summed E-state index contributed by atoms with van der Waals surface area (Å²) in [6, 6.07) is 7.89. The van der Waals surface area contributed by atoms with Gasteiger partial charge in [0.05, 0.1) is 23.1 Å². The van der Waals surface area contributed by atoms with Gasteiger partial charge in [-0.1, -0.05) is 12.1 Å². The van der Waals surface area contributed by atoms with Crippen LogP contribution in [0.15, 0.2) is 51.4 Å². The van der Waals surface area contributed by atoms with E-state index in [1.165, 1.54) is 23.5 Å². The summed E-state index contributed by atoms with van der Waals surface area (Å²) in [4.78, 5) is 16.8. The maximum atomic E-state index is 12.3. The van der Waals surface area contributed by atoms with E-state index in [4.69, 9.17) is 5.14 Å². The van der Waals surface area contributed by atoms with Crippen molar-refractivity contribution in [1.82, 2.24) is 10.3 Å². The van der Waals surface area contributed by atoms with Gasteiger partial charge in [-0.2, -0.15) is 11.3 Å². The number of benzene rings is 1. The standard InChI is InChI=1S/C17H17N3O3S3/c1-11(12-2-4-15(5-3-12)26(18,22)23)19-16(21)8-14-10-25-17(20-14)13-6-7-24-9-13/h2-7,9-11H,8H2,1H3,(H,19,21)(H2,18,22,23). The number of nitrogens with two attached hydrogens (primary N) is 1. The van der Waals surface area contributed by atoms with E-state index >= 15 is 0 Å². The van der Waals surface area contributed by atoms with E-state index < -0.39 is 10.0 Å². The van der Waals surface area contributed by atoms with Crippen LogP contribution in [0.2, 0.25) is 0 Å². The van der Waals surface area contributed by atoms with Crippen LogP contribution in [0, 0.1) is 0 Å². The molecule has 0 saturated carbocycles. The number of carbonyl (C=O) groups excluding carboxylic acids is 1. The van der Waals surface area contributed by atoms with E-state index in [2.05, 4.69) is 10.3 Å². The number of sulfonamides is 1. The lowest BCUT2D eigenvalue weighted by Crippen LogP contribution is -2.28. The Bertz CT molecular complexity index is 994. The molecule has 0 fully saturated rings. The van der Waals surface area contributed by atoms with Crippen LogP contribution in [0.4, 0.5) is 0 Å². The van der Waals surface area contributed by atoms with Gasteiger partial charge in [-0.3, -0.25) is 4.79 Å². The van der Waals surface area contributed by atoms with Crippen LogP contribution in [-0.2, 0) is 21.2 Å². The molecule has 0 aliphatic heterocycles. The molecule has 0 aliphatic carbocycles. The van der Waals surface area contributed by atoms with Gasteiger partial charge in [0.25, 0.3) is 0 Å². The van der Waals surface area contributed by atoms with Crippen LogP contribution in [0.25, 0.3) is 10.6 Å². The second-order valence-electron chi connectivity index (χ2n) is 5.74. The summed E-state index contributed by atoms with van der Waals surface area (Å²) in [5.41, 5.74) is 2.59. The highest BCUT2D eigenvalue weighted by atomic mass is 32.2. The average Bonchev–Trinajstić information content (AvgIpc) is 3.25. The van der Waals surface area contributed by atoms with E-state index in [0.717, 1.165) is 21.8 Å². The fourth-order valence-corrected chi connectivity index (χ4v) is 4.44. The number of amides is 1. The zero-order valence-corrected chi connectivity index (χ0v) is 16.3. The first-order chi connectivity index (χ1) is 12.3. The Hall–Kier alpha value is -2.07. The molecule has 1 unspecified atom stereocenters. The smallest absolute Gasteiger partial charge is 0.238 e. The van der Waals surface area contributed by atoms with Gasteiger partial charge >= 0.3 is 0 Å². The van der Waals surface area contributed by atoms with Crippen molar-refractivity contribution in [3.63, 3.8) is 0 Å². The van der Waals surface area contributed by atoms with Gasteiger partial charge in [0.2, 0.25) is 15.9 Å². The second-order valence-corrected chi connectivity index (χ2v) is 8.94. The molecule has 1 amide bonds. The summed E-state index contributed by atoms with van der Waals surface area (Å²) < 4.78 is 22.6. The van der Waals surface area contributed by atoms with Gasteiger partial charge in [0.15, 0.2) is 0 Å². The first kappa shape index (κ1) is 18.7. The van der Waals surface area contributed by atoms with Crippen molar-refractivity contribution in [2.24, 2.45) is 5.14 Å². The van der Waals surface area contributed by atoms with E-state index in [0.29, 0.717) is 0 Å². The Morgan fingerprint density at radius 2 is 1.96 bits per heavy atom. The second kappa shape index (κ2) is 7.67. The lowest BCUT2D eigenvalue weighted by molar-refractivity contribution is -0.121. The molecule has 9 heteroatoms. The molecule has 0 aliphatic rings. The maximum absolute atomic E-state index is 12.3. The molecule has 0 radical (unpaired) electrons. The number of aromatic nitrogens is 1. The summed E-state index contributed by atoms with van der Waals surface area (Å²) in [7, 11) is -3.72. The average molecular weight is 408 g/mol. The summed E-state index contributed by atoms with van der Waals surface area (Å²) in [6.45, 7) is 1.84. The molecule has 2 aromatic heterocycles. The zero-order valence-electron chi connectivity index (χ0n) is 13.9. The van der Waals surface area contributed by atoms with Crippen molar-refractivity contribution in [3.05, 3.63) is 57.7 Å². The zero-order chi connectivity index (χ0) is 18.7. The van der Waals surface area contributed by atoms with Gasteiger partial charge in [-0.15, -0.1) is 11.3 Å². The predicted molar refractivity (Wildman–Crippen MR) is 104 cm³/mol. The van der Waals surface area contributed by atoms with Crippen molar-refractivity contribution >= 4 is 38.6 Å². The minimum Gasteiger partial charge on any atom is -0.349 e. The third-order valence-corrected chi connectivity index (χ3v) is 6.30. The van der Waals surface area contributed by atoms with E-state index in [1.807, 2.05) is 29.1 Å². The number of nitrogens with zero attached hydrogens (tertiary/aromatic N) is 1. The number of nitrogens with one attached hydrogen (secondary N) is 1. The number of rotatable bonds is 6. The van der Waals surface area contributed by atoms with Crippen molar-refractivity contribution in [3.8, 4) is 10.6 Å². The van der Waals surface area contributed by atoms with E-state index in [9.17, 15) is 13.2 Å². The Balaban J connectivity index is 1.61. The fourth-order valence-electron chi connectivity index (χ4n) is 2.39. The molecule has 2 heterocycles. The lowest BCUT2D eigenvalue weighted by Gasteiger charge is -2.14. The minimum absolute atomic E-state index is 0.0446. The third kappa shape index (κ3) is 4.55. The van der Waals surface area contributed by atoms with Crippen molar-refractivity contribution in [1.29, 1.82) is 0 Å². The monoisotopic (exact) mass is 407 g/mol. The minimum atomic E-state index is -3.72. The Kier molecular flexibility index (Phi) is 5.52. The molecule has 3 rings (SSSR count). The largest absolute Gasteiger partial charge is 0.349 e. The quantitative estimate of drug-likeness (QED) is 0.656. The van der Waals surface area contributed by atoms with Crippen LogP contribution >= 0.6 is 22.7 Å². The molecule has 3 aromatic rings. The number of carbonyl (C=O) groups is 1. The summed E-state index contributed by atoms with van der Waals surface area (Å²) in [5, 5.41) is 14.8. The molecule has 1 atom stereocenters. The fraction of sp³-hybridized carbons (Fsp3) is 0.176. The van der Waals surface area contributed by atoms with Gasteiger partial charge in [0.1, 0.15) is 5.01 Å². The van der Waals surface area contributed by atoms with Crippen LogP contribution in [0.1, 0.15) is 24.2 Å². The lowest BCUT2D eigenvalue weighted by atomic mass is 10.1. The SMILES string of the molecule is CC(NC(=O)Cc1csc(-c2ccsc2)n1)c1ccc(S(N)(=O)=O)cc1.